The van der Waals surface area contributed by atoms with Crippen molar-refractivity contribution < 1.29 is 26.5 Å². The Morgan fingerprint density at radius 1 is 1.27 bits per heavy atom. The number of hydrogen-bond donors (Lipinski definition) is 0. The van der Waals surface area contributed by atoms with Gasteiger partial charge in [0.15, 0.2) is 0 Å². The summed E-state index contributed by atoms with van der Waals surface area (Å²) in [5.41, 5.74) is 0.293. The molecule has 0 bridgehead atoms. The zero-order chi connectivity index (χ0) is 19.5. The summed E-state index contributed by atoms with van der Waals surface area (Å²) in [5.74, 6) is -0.601. The Kier molecular flexibility index (Phi) is 6.29. The van der Waals surface area contributed by atoms with E-state index in [9.17, 15) is 17.6 Å². The van der Waals surface area contributed by atoms with Gasteiger partial charge in [-0.05, 0) is 50.8 Å². The average molecular weight is 387 g/mol. The molecule has 1 fully saturated rings. The summed E-state index contributed by atoms with van der Waals surface area (Å²) in [6.45, 7) is 6.13. The lowest BCUT2D eigenvalue weighted by Crippen LogP contribution is -2.46. The van der Waals surface area contributed by atoms with E-state index in [1.165, 1.54) is 12.1 Å². The summed E-state index contributed by atoms with van der Waals surface area (Å²) in [6.07, 6.45) is 1.18. The number of likely N-dealkylation sites (tertiary alicyclic amines) is 1. The maximum absolute atomic E-state index is 13.2. The van der Waals surface area contributed by atoms with Gasteiger partial charge in [0.25, 0.3) is 10.1 Å². The van der Waals surface area contributed by atoms with Crippen LogP contribution in [0.3, 0.4) is 0 Å². The van der Waals surface area contributed by atoms with Crippen molar-refractivity contribution in [3.8, 4) is 0 Å². The highest BCUT2D eigenvalue weighted by atomic mass is 32.2. The molecule has 0 aromatic heterocycles. The number of carbonyl (C=O) groups is 1. The van der Waals surface area contributed by atoms with Crippen molar-refractivity contribution in [2.24, 2.45) is 5.92 Å². The van der Waals surface area contributed by atoms with Crippen LogP contribution in [0, 0.1) is 11.7 Å². The van der Waals surface area contributed by atoms with Gasteiger partial charge in [0.05, 0.1) is 12.9 Å². The van der Waals surface area contributed by atoms with Crippen molar-refractivity contribution in [1.82, 2.24) is 4.90 Å². The molecule has 1 heterocycles. The summed E-state index contributed by atoms with van der Waals surface area (Å²) in [4.78, 5) is 13.9. The number of amides is 1. The fraction of sp³-hybridized carbons (Fsp3) is 0.611. The lowest BCUT2D eigenvalue weighted by atomic mass is 9.81. The number of nitrogens with zero attached hydrogens (tertiary/aromatic N) is 1. The third kappa shape index (κ3) is 6.25. The largest absolute Gasteiger partial charge is 0.444 e. The molecule has 1 aromatic rings. The molecule has 146 valence electrons. The molecule has 1 aliphatic rings. The fourth-order valence-electron chi connectivity index (χ4n) is 3.05. The number of piperidine rings is 1. The molecule has 2 atom stereocenters. The Hall–Kier alpha value is -1.67. The Morgan fingerprint density at radius 2 is 1.88 bits per heavy atom. The van der Waals surface area contributed by atoms with E-state index in [1.54, 1.807) is 37.8 Å². The number of rotatable bonds is 4. The minimum absolute atomic E-state index is 0.0314. The Morgan fingerprint density at radius 3 is 2.42 bits per heavy atom. The van der Waals surface area contributed by atoms with Gasteiger partial charge in [0.2, 0.25) is 0 Å². The molecule has 0 spiro atoms. The van der Waals surface area contributed by atoms with Crippen LogP contribution in [-0.4, -0.2) is 51.0 Å². The van der Waals surface area contributed by atoms with E-state index in [0.717, 1.165) is 11.8 Å². The molecular weight excluding hydrogens is 361 g/mol. The SMILES string of the molecule is CC(C)(C)OC(=O)N1CC[C@H](c2ccc(F)cc2)[C@@H](COS(C)(=O)=O)C1. The van der Waals surface area contributed by atoms with Gasteiger partial charge >= 0.3 is 6.09 Å². The third-order valence-electron chi connectivity index (χ3n) is 4.18. The van der Waals surface area contributed by atoms with Gasteiger partial charge in [-0.1, -0.05) is 12.1 Å². The highest BCUT2D eigenvalue weighted by Crippen LogP contribution is 2.34. The van der Waals surface area contributed by atoms with Crippen LogP contribution in [0.2, 0.25) is 0 Å². The van der Waals surface area contributed by atoms with Crippen LogP contribution in [0.1, 0.15) is 38.7 Å². The molecule has 8 heteroatoms. The molecular formula is C18H26FNO5S. The van der Waals surface area contributed by atoms with Crippen LogP contribution in [0.25, 0.3) is 0 Å². The molecule has 0 aliphatic carbocycles. The van der Waals surface area contributed by atoms with Gasteiger partial charge in [0, 0.05) is 19.0 Å². The minimum atomic E-state index is -3.60. The lowest BCUT2D eigenvalue weighted by Gasteiger charge is -2.39. The normalized spacial score (nSPS) is 21.5. The first-order valence-corrected chi connectivity index (χ1v) is 10.3. The standard InChI is InChI=1S/C18H26FNO5S/c1-18(2,3)25-17(21)20-10-9-16(13-5-7-15(19)8-6-13)14(11-20)12-24-26(4,22)23/h5-8,14,16H,9-12H2,1-4H3/t14-,16-/m1/s1. The maximum atomic E-state index is 13.2. The quantitative estimate of drug-likeness (QED) is 0.742. The molecule has 0 unspecified atom stereocenters. The topological polar surface area (TPSA) is 72.9 Å². The summed E-state index contributed by atoms with van der Waals surface area (Å²) >= 11 is 0. The molecule has 26 heavy (non-hydrogen) atoms. The molecule has 1 saturated heterocycles. The highest BCUT2D eigenvalue weighted by Gasteiger charge is 2.35. The summed E-state index contributed by atoms with van der Waals surface area (Å²) < 4.78 is 46.4. The average Bonchev–Trinajstić information content (AvgIpc) is 2.51. The smallest absolute Gasteiger partial charge is 0.410 e. The number of halogens is 1. The van der Waals surface area contributed by atoms with Gasteiger partial charge in [-0.15, -0.1) is 0 Å². The monoisotopic (exact) mass is 387 g/mol. The van der Waals surface area contributed by atoms with E-state index in [0.29, 0.717) is 19.5 Å². The molecule has 0 saturated carbocycles. The fourth-order valence-corrected chi connectivity index (χ4v) is 3.48. The molecule has 1 amide bonds. The number of ether oxygens (including phenoxy) is 1. The van der Waals surface area contributed by atoms with E-state index >= 15 is 0 Å². The number of hydrogen-bond acceptors (Lipinski definition) is 5. The van der Waals surface area contributed by atoms with Gasteiger partial charge in [-0.3, -0.25) is 4.18 Å². The van der Waals surface area contributed by atoms with Crippen molar-refractivity contribution in [2.45, 2.75) is 38.7 Å². The van der Waals surface area contributed by atoms with Crippen LogP contribution in [0.5, 0.6) is 0 Å². The van der Waals surface area contributed by atoms with Crippen molar-refractivity contribution >= 4 is 16.2 Å². The van der Waals surface area contributed by atoms with E-state index in [4.69, 9.17) is 8.92 Å². The van der Waals surface area contributed by atoms with Gasteiger partial charge in [-0.25, -0.2) is 9.18 Å². The first-order valence-electron chi connectivity index (χ1n) is 8.52. The van der Waals surface area contributed by atoms with Gasteiger partial charge in [-0.2, -0.15) is 8.42 Å². The van der Waals surface area contributed by atoms with Crippen LogP contribution in [0.4, 0.5) is 9.18 Å². The first kappa shape index (κ1) is 20.6. The minimum Gasteiger partial charge on any atom is -0.444 e. The summed E-state index contributed by atoms with van der Waals surface area (Å²) in [6, 6.07) is 6.14. The van der Waals surface area contributed by atoms with Crippen LogP contribution in [0.15, 0.2) is 24.3 Å². The van der Waals surface area contributed by atoms with Crippen molar-refractivity contribution in [2.75, 3.05) is 26.0 Å². The predicted molar refractivity (Wildman–Crippen MR) is 95.9 cm³/mol. The summed E-state index contributed by atoms with van der Waals surface area (Å²) in [7, 11) is -3.60. The second-order valence-electron chi connectivity index (χ2n) is 7.62. The molecule has 6 nitrogen and oxygen atoms in total. The Balaban J connectivity index is 2.16. The molecule has 0 radical (unpaired) electrons. The van der Waals surface area contributed by atoms with Crippen molar-refractivity contribution in [1.29, 1.82) is 0 Å². The first-order chi connectivity index (χ1) is 11.9. The van der Waals surface area contributed by atoms with Gasteiger partial charge < -0.3 is 9.64 Å². The highest BCUT2D eigenvalue weighted by molar-refractivity contribution is 7.85. The molecule has 1 aromatic carbocycles. The van der Waals surface area contributed by atoms with E-state index in [1.807, 2.05) is 0 Å². The second-order valence-corrected chi connectivity index (χ2v) is 9.27. The van der Waals surface area contributed by atoms with Crippen molar-refractivity contribution in [3.05, 3.63) is 35.6 Å². The molecule has 0 N–H and O–H groups in total. The van der Waals surface area contributed by atoms with E-state index in [2.05, 4.69) is 0 Å². The van der Waals surface area contributed by atoms with E-state index < -0.39 is 21.8 Å². The molecule has 2 rings (SSSR count). The summed E-state index contributed by atoms with van der Waals surface area (Å²) in [5, 5.41) is 0. The van der Waals surface area contributed by atoms with Crippen LogP contribution < -0.4 is 0 Å². The maximum Gasteiger partial charge on any atom is 0.410 e. The molecule has 1 aliphatic heterocycles. The zero-order valence-electron chi connectivity index (χ0n) is 15.6. The van der Waals surface area contributed by atoms with Crippen LogP contribution in [-0.2, 0) is 19.0 Å². The number of carbonyl (C=O) groups excluding carboxylic acids is 1. The Bertz CT molecular complexity index is 727. The lowest BCUT2D eigenvalue weighted by molar-refractivity contribution is 0.0114. The second kappa shape index (κ2) is 7.92. The number of benzene rings is 1. The Labute approximate surface area is 154 Å². The zero-order valence-corrected chi connectivity index (χ0v) is 16.4. The van der Waals surface area contributed by atoms with E-state index in [-0.39, 0.29) is 24.3 Å². The van der Waals surface area contributed by atoms with Crippen LogP contribution >= 0.6 is 0 Å². The van der Waals surface area contributed by atoms with Crippen molar-refractivity contribution in [3.63, 3.8) is 0 Å². The predicted octanol–water partition coefficient (Wildman–Crippen LogP) is 3.14. The third-order valence-corrected chi connectivity index (χ3v) is 4.74. The van der Waals surface area contributed by atoms with Gasteiger partial charge in [0.1, 0.15) is 11.4 Å².